The molecule has 0 atom stereocenters. The van der Waals surface area contributed by atoms with Gasteiger partial charge in [-0.05, 0) is 30.7 Å². The zero-order chi connectivity index (χ0) is 22.5. The zero-order valence-corrected chi connectivity index (χ0v) is 21.1. The second-order valence-corrected chi connectivity index (χ2v) is 19.6. The highest BCUT2D eigenvalue weighted by Crippen LogP contribution is 2.14. The van der Waals surface area contributed by atoms with Crippen LogP contribution in [0.5, 0.6) is 0 Å². The molecule has 0 saturated carbocycles. The molecule has 2 aromatic carbocycles. The summed E-state index contributed by atoms with van der Waals surface area (Å²) in [5, 5.41) is 5.63. The van der Waals surface area contributed by atoms with Crippen molar-refractivity contribution >= 4 is 50.2 Å². The summed E-state index contributed by atoms with van der Waals surface area (Å²) in [5.41, 5.74) is 2.31. The third kappa shape index (κ3) is 6.81. The first kappa shape index (κ1) is 23.8. The van der Waals surface area contributed by atoms with Crippen molar-refractivity contribution in [3.05, 3.63) is 59.7 Å². The van der Waals surface area contributed by atoms with Crippen LogP contribution in [0, 0.1) is 0 Å². The summed E-state index contributed by atoms with van der Waals surface area (Å²) >= 11 is 0. The average molecular weight is 440 g/mol. The van der Waals surface area contributed by atoms with Gasteiger partial charge in [0, 0.05) is 17.3 Å². The fourth-order valence-electron chi connectivity index (χ4n) is 2.86. The minimum atomic E-state index is -1.55. The Labute approximate surface area is 182 Å². The summed E-state index contributed by atoms with van der Waals surface area (Å²) in [4.78, 5) is 24.4. The first-order valence-corrected chi connectivity index (χ1v) is 17.3. The monoisotopic (exact) mass is 439 g/mol. The van der Waals surface area contributed by atoms with E-state index in [2.05, 4.69) is 62.8 Å². The van der Waals surface area contributed by atoms with E-state index in [-0.39, 0.29) is 11.9 Å². The maximum atomic E-state index is 13.0. The van der Waals surface area contributed by atoms with E-state index in [1.807, 2.05) is 24.3 Å². The van der Waals surface area contributed by atoms with Crippen LogP contribution in [0.25, 0.3) is 6.08 Å². The average Bonchev–Trinajstić information content (AvgIpc) is 2.66. The van der Waals surface area contributed by atoms with E-state index in [1.165, 1.54) is 16.4 Å². The Bertz CT molecular complexity index is 904. The number of benzene rings is 2. The van der Waals surface area contributed by atoms with Gasteiger partial charge in [0.15, 0.2) is 0 Å². The summed E-state index contributed by atoms with van der Waals surface area (Å²) in [6.07, 6.45) is 3.10. The van der Waals surface area contributed by atoms with Gasteiger partial charge in [0.25, 0.3) is 5.91 Å². The second-order valence-electron chi connectivity index (χ2n) is 9.46. The summed E-state index contributed by atoms with van der Waals surface area (Å²) < 4.78 is 4.88. The van der Waals surface area contributed by atoms with Gasteiger partial charge in [0.1, 0.15) is 0 Å². The highest BCUT2D eigenvalue weighted by Gasteiger charge is 2.24. The fourth-order valence-corrected chi connectivity index (χ4v) is 5.36. The molecule has 2 aromatic rings. The molecule has 0 aliphatic carbocycles. The van der Waals surface area contributed by atoms with Crippen molar-refractivity contribution in [2.24, 2.45) is 0 Å². The van der Waals surface area contributed by atoms with Crippen LogP contribution in [-0.2, 0) is 9.53 Å². The van der Waals surface area contributed by atoms with Crippen molar-refractivity contribution in [1.82, 2.24) is 0 Å². The Morgan fingerprint density at radius 3 is 1.90 bits per heavy atom. The molecule has 0 spiro atoms. The molecule has 6 heteroatoms. The summed E-state index contributed by atoms with van der Waals surface area (Å²) in [7, 11) is -3.10. The summed E-state index contributed by atoms with van der Waals surface area (Å²) in [6, 6.07) is 13.8. The molecular formula is C24H33NO3Si2. The van der Waals surface area contributed by atoms with E-state index in [0.29, 0.717) is 6.61 Å². The first-order valence-electron chi connectivity index (χ1n) is 10.3. The molecular weight excluding hydrogens is 406 g/mol. The third-order valence-corrected chi connectivity index (χ3v) is 8.84. The van der Waals surface area contributed by atoms with Gasteiger partial charge in [-0.15, -0.1) is 0 Å². The molecule has 0 bridgehead atoms. The SMILES string of the molecule is CCOC(=O)C=Cc1ccc(NC(=O)c2cc([Si](C)(C)C)cc([Si](C)(C)C)c2)cc1. The van der Waals surface area contributed by atoms with Gasteiger partial charge in [-0.25, -0.2) is 4.79 Å². The smallest absolute Gasteiger partial charge is 0.330 e. The highest BCUT2D eigenvalue weighted by molar-refractivity contribution is 6.91. The van der Waals surface area contributed by atoms with Gasteiger partial charge in [-0.3, -0.25) is 4.79 Å². The van der Waals surface area contributed by atoms with Gasteiger partial charge in [-0.2, -0.15) is 0 Å². The molecule has 0 unspecified atom stereocenters. The number of ether oxygens (including phenoxy) is 1. The number of nitrogens with one attached hydrogen (secondary N) is 1. The van der Waals surface area contributed by atoms with Crippen LogP contribution in [0.4, 0.5) is 5.69 Å². The molecule has 2 rings (SSSR count). The number of hydrogen-bond acceptors (Lipinski definition) is 3. The molecule has 0 heterocycles. The molecule has 1 N–H and O–H groups in total. The van der Waals surface area contributed by atoms with E-state index >= 15 is 0 Å². The molecule has 30 heavy (non-hydrogen) atoms. The molecule has 0 radical (unpaired) electrons. The number of amides is 1. The number of carbonyl (C=O) groups excluding carboxylic acids is 2. The molecule has 0 aliphatic rings. The van der Waals surface area contributed by atoms with E-state index in [1.54, 1.807) is 13.0 Å². The fraction of sp³-hybridized carbons (Fsp3) is 0.333. The number of rotatable bonds is 7. The number of anilines is 1. The molecule has 0 aromatic heterocycles. The van der Waals surface area contributed by atoms with Crippen molar-refractivity contribution in [3.8, 4) is 0 Å². The third-order valence-electron chi connectivity index (χ3n) is 4.79. The summed E-state index contributed by atoms with van der Waals surface area (Å²) in [6.45, 7) is 16.0. The lowest BCUT2D eigenvalue weighted by Crippen LogP contribution is -2.46. The normalized spacial score (nSPS) is 12.1. The topological polar surface area (TPSA) is 55.4 Å². The first-order chi connectivity index (χ1) is 13.9. The van der Waals surface area contributed by atoms with E-state index in [4.69, 9.17) is 4.74 Å². The minimum absolute atomic E-state index is 0.0931. The van der Waals surface area contributed by atoms with E-state index in [0.717, 1.165) is 16.8 Å². The van der Waals surface area contributed by atoms with Crippen molar-refractivity contribution < 1.29 is 14.3 Å². The zero-order valence-electron chi connectivity index (χ0n) is 19.1. The Balaban J connectivity index is 2.22. The Morgan fingerprint density at radius 1 is 0.900 bits per heavy atom. The number of esters is 1. The predicted molar refractivity (Wildman–Crippen MR) is 132 cm³/mol. The molecule has 0 aliphatic heterocycles. The van der Waals surface area contributed by atoms with Crippen LogP contribution in [0.15, 0.2) is 48.5 Å². The van der Waals surface area contributed by atoms with Gasteiger partial charge >= 0.3 is 5.97 Å². The van der Waals surface area contributed by atoms with Crippen LogP contribution in [-0.4, -0.2) is 34.6 Å². The maximum Gasteiger partial charge on any atom is 0.330 e. The lowest BCUT2D eigenvalue weighted by atomic mass is 10.1. The van der Waals surface area contributed by atoms with E-state index in [9.17, 15) is 9.59 Å². The number of carbonyl (C=O) groups is 2. The van der Waals surface area contributed by atoms with Gasteiger partial charge < -0.3 is 10.1 Å². The Morgan fingerprint density at radius 2 is 1.43 bits per heavy atom. The van der Waals surface area contributed by atoms with Crippen molar-refractivity contribution in [1.29, 1.82) is 0 Å². The van der Waals surface area contributed by atoms with Crippen LogP contribution < -0.4 is 15.7 Å². The largest absolute Gasteiger partial charge is 0.463 e. The Hall–Kier alpha value is -2.45. The number of hydrogen-bond donors (Lipinski definition) is 1. The van der Waals surface area contributed by atoms with Crippen molar-refractivity contribution in [3.63, 3.8) is 0 Å². The standard InChI is InChI=1S/C24H33NO3Si2/c1-8-28-23(26)14-11-18-9-12-20(13-10-18)25-24(27)19-15-21(29(2,3)4)17-22(16-19)30(5,6)7/h9-17H,8H2,1-7H3,(H,25,27). The van der Waals surface area contributed by atoms with Gasteiger partial charge in [0.05, 0.1) is 22.8 Å². The predicted octanol–water partition coefficient (Wildman–Crippen LogP) is 4.61. The van der Waals surface area contributed by atoms with Crippen LogP contribution >= 0.6 is 0 Å². The van der Waals surface area contributed by atoms with Crippen LogP contribution in [0.2, 0.25) is 39.3 Å². The highest BCUT2D eigenvalue weighted by atomic mass is 28.3. The molecule has 0 saturated heterocycles. The lowest BCUT2D eigenvalue weighted by Gasteiger charge is -2.24. The summed E-state index contributed by atoms with van der Waals surface area (Å²) in [5.74, 6) is -0.459. The molecule has 4 nitrogen and oxygen atoms in total. The van der Waals surface area contributed by atoms with Gasteiger partial charge in [0.2, 0.25) is 0 Å². The minimum Gasteiger partial charge on any atom is -0.463 e. The van der Waals surface area contributed by atoms with E-state index < -0.39 is 16.1 Å². The maximum absolute atomic E-state index is 13.0. The van der Waals surface area contributed by atoms with Crippen LogP contribution in [0.1, 0.15) is 22.8 Å². The quantitative estimate of drug-likeness (QED) is 0.389. The van der Waals surface area contributed by atoms with Crippen molar-refractivity contribution in [2.45, 2.75) is 46.2 Å². The molecule has 1 amide bonds. The van der Waals surface area contributed by atoms with Gasteiger partial charge in [-0.1, -0.05) is 80.0 Å². The lowest BCUT2D eigenvalue weighted by molar-refractivity contribution is -0.137. The van der Waals surface area contributed by atoms with Crippen LogP contribution in [0.3, 0.4) is 0 Å². The Kier molecular flexibility index (Phi) is 7.61. The molecule has 0 fully saturated rings. The second kappa shape index (κ2) is 9.58. The molecule has 160 valence electrons. The van der Waals surface area contributed by atoms with Crippen molar-refractivity contribution in [2.75, 3.05) is 11.9 Å².